The summed E-state index contributed by atoms with van der Waals surface area (Å²) in [7, 11) is 0. The van der Waals surface area contributed by atoms with Crippen LogP contribution in [0.3, 0.4) is 0 Å². The number of nitrogens with two attached hydrogens (primary N) is 1. The van der Waals surface area contributed by atoms with Gasteiger partial charge in [-0.1, -0.05) is 78.4 Å². The maximum atomic E-state index is 11.7. The first-order valence-electron chi connectivity index (χ1n) is 14.7. The van der Waals surface area contributed by atoms with Crippen molar-refractivity contribution in [2.24, 2.45) is 0 Å². The maximum Gasteiger partial charge on any atom is 0.160 e. The molecule has 2 nitrogen and oxygen atoms in total. The van der Waals surface area contributed by atoms with Gasteiger partial charge in [0.05, 0.1) is 4.88 Å². The quantitative estimate of drug-likeness (QED) is 0.171. The molecule has 0 radical (unpaired) electrons. The molecule has 0 spiro atoms. The lowest BCUT2D eigenvalue weighted by Crippen LogP contribution is -2.27. The van der Waals surface area contributed by atoms with Gasteiger partial charge in [0.2, 0.25) is 0 Å². The highest BCUT2D eigenvalue weighted by molar-refractivity contribution is 7.17. The summed E-state index contributed by atoms with van der Waals surface area (Å²) in [4.78, 5) is 13.7. The summed E-state index contributed by atoms with van der Waals surface area (Å²) >= 11 is 1.66. The summed E-state index contributed by atoms with van der Waals surface area (Å²) < 4.78 is 0. The third-order valence-electron chi connectivity index (χ3n) is 8.32. The van der Waals surface area contributed by atoms with E-state index in [0.717, 1.165) is 29.7 Å². The van der Waals surface area contributed by atoms with Gasteiger partial charge in [-0.15, -0.1) is 11.3 Å². The van der Waals surface area contributed by atoms with Crippen LogP contribution in [0.2, 0.25) is 0 Å². The Morgan fingerprint density at radius 1 is 0.811 bits per heavy atom. The first-order chi connectivity index (χ1) is 18.0. The number of carbonyl (C=O) groups is 1. The van der Waals surface area contributed by atoms with Crippen molar-refractivity contribution >= 4 is 23.3 Å². The molecule has 1 aliphatic carbocycles. The Morgan fingerprint density at radius 3 is 2.11 bits per heavy atom. The van der Waals surface area contributed by atoms with Gasteiger partial charge in [0.1, 0.15) is 0 Å². The van der Waals surface area contributed by atoms with Crippen LogP contribution in [0.4, 0.5) is 5.69 Å². The number of rotatable bonds is 14. The number of aldehydes is 1. The summed E-state index contributed by atoms with van der Waals surface area (Å²) in [5.74, 6) is 0. The molecule has 1 aromatic heterocycles. The Hall–Kier alpha value is -2.39. The molecule has 1 heterocycles. The van der Waals surface area contributed by atoms with Gasteiger partial charge in [-0.25, -0.2) is 0 Å². The van der Waals surface area contributed by atoms with Crippen LogP contribution in [0.5, 0.6) is 0 Å². The van der Waals surface area contributed by atoms with Gasteiger partial charge in [-0.2, -0.15) is 0 Å². The van der Waals surface area contributed by atoms with E-state index in [1.165, 1.54) is 96.9 Å². The zero-order chi connectivity index (χ0) is 26.4. The van der Waals surface area contributed by atoms with Crippen molar-refractivity contribution in [3.8, 4) is 21.6 Å². The number of hydrogen-bond acceptors (Lipinski definition) is 3. The average Bonchev–Trinajstić information content (AvgIpc) is 3.49. The minimum atomic E-state index is 0.0118. The molecule has 0 amide bonds. The van der Waals surface area contributed by atoms with E-state index in [1.807, 2.05) is 6.07 Å². The number of anilines is 1. The molecule has 1 aliphatic rings. The third kappa shape index (κ3) is 5.30. The minimum absolute atomic E-state index is 0.0118. The van der Waals surface area contributed by atoms with Crippen molar-refractivity contribution in [1.29, 1.82) is 0 Å². The second-order valence-corrected chi connectivity index (χ2v) is 12.0. The largest absolute Gasteiger partial charge is 0.399 e. The van der Waals surface area contributed by atoms with Crippen molar-refractivity contribution in [2.75, 3.05) is 5.73 Å². The summed E-state index contributed by atoms with van der Waals surface area (Å²) in [5.41, 5.74) is 17.7. The molecule has 37 heavy (non-hydrogen) atoms. The second-order valence-electron chi connectivity index (χ2n) is 10.9. The molecule has 0 saturated heterocycles. The Balaban J connectivity index is 2.10. The topological polar surface area (TPSA) is 43.1 Å². The van der Waals surface area contributed by atoms with Crippen LogP contribution in [-0.4, -0.2) is 6.29 Å². The molecule has 198 valence electrons. The van der Waals surface area contributed by atoms with Gasteiger partial charge in [0.25, 0.3) is 0 Å². The summed E-state index contributed by atoms with van der Waals surface area (Å²) in [6, 6.07) is 13.4. The SMILES string of the molecule is CCCCc1cc2c(c(CCCC)c1-c1ccc(C=O)s1)C(CCCC)(CCCC)c1cc(N)ccc1-2. The molecule has 0 fully saturated rings. The maximum absolute atomic E-state index is 11.7. The molecule has 4 rings (SSSR count). The molecule has 0 saturated carbocycles. The molecule has 2 N–H and O–H groups in total. The molecule has 3 aromatic rings. The van der Waals surface area contributed by atoms with Gasteiger partial charge < -0.3 is 5.73 Å². The van der Waals surface area contributed by atoms with Crippen LogP contribution in [0.1, 0.15) is 124 Å². The lowest BCUT2D eigenvalue weighted by atomic mass is 9.68. The molecule has 0 aliphatic heterocycles. The number of hydrogen-bond donors (Lipinski definition) is 1. The molecule has 0 bridgehead atoms. The van der Waals surface area contributed by atoms with Gasteiger partial charge in [0.15, 0.2) is 6.29 Å². The minimum Gasteiger partial charge on any atom is -0.399 e. The molecule has 0 unspecified atom stereocenters. The third-order valence-corrected chi connectivity index (χ3v) is 9.35. The molecular formula is C34H45NOS. The van der Waals surface area contributed by atoms with Gasteiger partial charge in [0, 0.05) is 16.0 Å². The Morgan fingerprint density at radius 2 is 1.49 bits per heavy atom. The first kappa shape index (κ1) is 27.6. The highest BCUT2D eigenvalue weighted by atomic mass is 32.1. The highest BCUT2D eigenvalue weighted by Crippen LogP contribution is 2.58. The van der Waals surface area contributed by atoms with Crippen LogP contribution < -0.4 is 5.73 Å². The monoisotopic (exact) mass is 515 g/mol. The van der Waals surface area contributed by atoms with E-state index in [0.29, 0.717) is 0 Å². The van der Waals surface area contributed by atoms with Crippen LogP contribution in [0.25, 0.3) is 21.6 Å². The number of benzene rings is 2. The van der Waals surface area contributed by atoms with Crippen molar-refractivity contribution in [3.05, 3.63) is 63.5 Å². The number of aryl methyl sites for hydroxylation is 1. The summed E-state index contributed by atoms with van der Waals surface area (Å²) in [6.45, 7) is 9.20. The zero-order valence-corrected chi connectivity index (χ0v) is 24.2. The van der Waals surface area contributed by atoms with E-state index in [1.54, 1.807) is 22.5 Å². The highest BCUT2D eigenvalue weighted by Gasteiger charge is 2.44. The molecule has 3 heteroatoms. The van der Waals surface area contributed by atoms with Crippen LogP contribution in [0, 0.1) is 0 Å². The van der Waals surface area contributed by atoms with Gasteiger partial charge in [-0.05, 0) is 102 Å². The van der Waals surface area contributed by atoms with Crippen molar-refractivity contribution in [1.82, 2.24) is 0 Å². The standard InChI is InChI=1S/C34H45NOS/c1-5-9-13-24-21-29-27-17-15-25(35)22-30(27)34(19-11-7-3,20-12-8-4)33(29)28(14-10-6-2)32(24)31-18-16-26(23-36)37-31/h15-18,21-23H,5-14,19-20,35H2,1-4H3. The Kier molecular flexibility index (Phi) is 9.29. The van der Waals surface area contributed by atoms with Crippen molar-refractivity contribution in [2.45, 2.75) is 110 Å². The smallest absolute Gasteiger partial charge is 0.160 e. The fraction of sp³-hybridized carbons (Fsp3) is 0.500. The predicted octanol–water partition coefficient (Wildman–Crippen LogP) is 10.1. The number of carbonyl (C=O) groups excluding carboxylic acids is 1. The average molecular weight is 516 g/mol. The van der Waals surface area contributed by atoms with Gasteiger partial charge >= 0.3 is 0 Å². The number of thiophene rings is 1. The first-order valence-corrected chi connectivity index (χ1v) is 15.5. The number of nitrogen functional groups attached to an aromatic ring is 1. The van der Waals surface area contributed by atoms with E-state index < -0.39 is 0 Å². The van der Waals surface area contributed by atoms with Crippen LogP contribution in [-0.2, 0) is 18.3 Å². The molecular weight excluding hydrogens is 470 g/mol. The number of unbranched alkanes of at least 4 members (excludes halogenated alkanes) is 4. The lowest BCUT2D eigenvalue weighted by Gasteiger charge is -2.35. The predicted molar refractivity (Wildman–Crippen MR) is 162 cm³/mol. The summed E-state index contributed by atoms with van der Waals surface area (Å²) in [6.07, 6.45) is 15.0. The normalized spacial score (nSPS) is 13.5. The molecule has 0 atom stereocenters. The second kappa shape index (κ2) is 12.4. The van der Waals surface area contributed by atoms with Crippen LogP contribution >= 0.6 is 11.3 Å². The van der Waals surface area contributed by atoms with Crippen molar-refractivity contribution in [3.63, 3.8) is 0 Å². The number of fused-ring (bicyclic) bond motifs is 3. The van der Waals surface area contributed by atoms with Crippen LogP contribution in [0.15, 0.2) is 36.4 Å². The Bertz CT molecular complexity index is 1210. The fourth-order valence-electron chi connectivity index (χ4n) is 6.51. The Labute approximate surface area is 228 Å². The molecule has 2 aromatic carbocycles. The summed E-state index contributed by atoms with van der Waals surface area (Å²) in [5, 5.41) is 0. The van der Waals surface area contributed by atoms with Crippen molar-refractivity contribution < 1.29 is 4.79 Å². The fourth-order valence-corrected chi connectivity index (χ4v) is 7.44. The lowest BCUT2D eigenvalue weighted by molar-refractivity contribution is 0.112. The van der Waals surface area contributed by atoms with E-state index in [4.69, 9.17) is 5.73 Å². The van der Waals surface area contributed by atoms with E-state index >= 15 is 0 Å². The van der Waals surface area contributed by atoms with E-state index in [2.05, 4.69) is 58.0 Å². The van der Waals surface area contributed by atoms with Gasteiger partial charge in [-0.3, -0.25) is 4.79 Å². The van der Waals surface area contributed by atoms with E-state index in [-0.39, 0.29) is 5.41 Å². The van der Waals surface area contributed by atoms with E-state index in [9.17, 15) is 4.79 Å². The zero-order valence-electron chi connectivity index (χ0n) is 23.4.